The number of hydrogen-bond acceptors (Lipinski definition) is 7. The summed E-state index contributed by atoms with van der Waals surface area (Å²) in [5.74, 6) is -2.07. The molecule has 0 spiro atoms. The minimum Gasteiger partial charge on any atom is -0.478 e. The fourth-order valence-corrected chi connectivity index (χ4v) is 5.15. The summed E-state index contributed by atoms with van der Waals surface area (Å²) in [4.78, 5) is 13.5. The number of nitrogens with one attached hydrogen (secondary N) is 1. The lowest BCUT2D eigenvalue weighted by Crippen LogP contribution is -2.35. The van der Waals surface area contributed by atoms with Gasteiger partial charge in [-0.1, -0.05) is 6.07 Å². The van der Waals surface area contributed by atoms with Crippen LogP contribution >= 0.6 is 23.3 Å². The van der Waals surface area contributed by atoms with E-state index >= 15 is 0 Å². The molecule has 1 aromatic heterocycles. The summed E-state index contributed by atoms with van der Waals surface area (Å²) in [6.45, 7) is 1.71. The Kier molecular flexibility index (Phi) is 5.51. The van der Waals surface area contributed by atoms with Gasteiger partial charge in [0, 0.05) is 16.9 Å². The SMILES string of the molecule is NC(=O)C1=CSC(c2c(F)cccc2F)N1c1cnsc1OC1CCNCC1. The monoisotopic (exact) mass is 424 g/mol. The minimum absolute atomic E-state index is 0.0142. The zero-order chi connectivity index (χ0) is 19.7. The molecular formula is C18H18F2N4O2S2. The van der Waals surface area contributed by atoms with E-state index in [0.717, 1.165) is 49.2 Å². The smallest absolute Gasteiger partial charge is 0.265 e. The van der Waals surface area contributed by atoms with Gasteiger partial charge in [0.1, 0.15) is 34.5 Å². The molecule has 0 aliphatic carbocycles. The van der Waals surface area contributed by atoms with Gasteiger partial charge in [0.2, 0.25) is 5.06 Å². The molecule has 6 nitrogen and oxygen atoms in total. The molecule has 1 unspecified atom stereocenters. The van der Waals surface area contributed by atoms with Crippen molar-refractivity contribution in [2.45, 2.75) is 24.3 Å². The van der Waals surface area contributed by atoms with Crippen LogP contribution in [0, 0.1) is 11.6 Å². The molecule has 1 saturated heterocycles. The molecule has 0 bridgehead atoms. The van der Waals surface area contributed by atoms with Gasteiger partial charge in [-0.2, -0.15) is 4.37 Å². The topological polar surface area (TPSA) is 80.5 Å². The molecule has 1 atom stereocenters. The number of thioether (sulfide) groups is 1. The van der Waals surface area contributed by atoms with Crippen molar-refractivity contribution in [3.63, 3.8) is 0 Å². The van der Waals surface area contributed by atoms with Crippen LogP contribution in [-0.2, 0) is 4.79 Å². The second-order valence-corrected chi connectivity index (χ2v) is 8.15. The molecule has 0 saturated carbocycles. The first kappa shape index (κ1) is 19.2. The lowest BCUT2D eigenvalue weighted by Gasteiger charge is -2.29. The maximum Gasteiger partial charge on any atom is 0.265 e. The van der Waals surface area contributed by atoms with E-state index in [9.17, 15) is 13.6 Å². The van der Waals surface area contributed by atoms with Crippen molar-refractivity contribution in [2.24, 2.45) is 5.73 Å². The second-order valence-electron chi connectivity index (χ2n) is 6.43. The van der Waals surface area contributed by atoms with Gasteiger partial charge in [0.05, 0.1) is 11.8 Å². The van der Waals surface area contributed by atoms with Gasteiger partial charge in [0.25, 0.3) is 5.91 Å². The number of anilines is 1. The highest BCUT2D eigenvalue weighted by atomic mass is 32.2. The quantitative estimate of drug-likeness (QED) is 0.768. The van der Waals surface area contributed by atoms with Crippen LogP contribution in [0.25, 0.3) is 0 Å². The number of ether oxygens (including phenoxy) is 1. The molecule has 1 fully saturated rings. The molecular weight excluding hydrogens is 406 g/mol. The first-order chi connectivity index (χ1) is 13.6. The predicted molar refractivity (Wildman–Crippen MR) is 105 cm³/mol. The fourth-order valence-electron chi connectivity index (χ4n) is 3.28. The third kappa shape index (κ3) is 3.59. The van der Waals surface area contributed by atoms with E-state index in [1.807, 2.05) is 0 Å². The summed E-state index contributed by atoms with van der Waals surface area (Å²) in [5.41, 5.74) is 6.01. The molecule has 2 aliphatic rings. The molecule has 148 valence electrons. The Hall–Kier alpha value is -2.17. The van der Waals surface area contributed by atoms with E-state index in [0.29, 0.717) is 10.8 Å². The summed E-state index contributed by atoms with van der Waals surface area (Å²) < 4.78 is 39.2. The third-order valence-corrected chi connectivity index (χ3v) is 6.39. The number of aromatic nitrogens is 1. The van der Waals surface area contributed by atoms with Crippen molar-refractivity contribution in [2.75, 3.05) is 18.0 Å². The summed E-state index contributed by atoms with van der Waals surface area (Å²) in [7, 11) is 0. The summed E-state index contributed by atoms with van der Waals surface area (Å²) in [5, 5.41) is 4.47. The summed E-state index contributed by atoms with van der Waals surface area (Å²) in [6.07, 6.45) is 3.24. The number of nitrogens with zero attached hydrogens (tertiary/aromatic N) is 2. The number of benzene rings is 1. The molecule has 1 amide bonds. The van der Waals surface area contributed by atoms with Crippen molar-refractivity contribution >= 4 is 34.9 Å². The Balaban J connectivity index is 1.71. The molecule has 0 radical (unpaired) electrons. The van der Waals surface area contributed by atoms with E-state index in [4.69, 9.17) is 10.5 Å². The lowest BCUT2D eigenvalue weighted by atomic mass is 10.1. The predicted octanol–water partition coefficient (Wildman–Crippen LogP) is 3.13. The summed E-state index contributed by atoms with van der Waals surface area (Å²) in [6, 6.07) is 3.69. The van der Waals surface area contributed by atoms with Crippen LogP contribution in [0.5, 0.6) is 5.06 Å². The number of carbonyl (C=O) groups is 1. The van der Waals surface area contributed by atoms with E-state index in [1.165, 1.54) is 34.7 Å². The van der Waals surface area contributed by atoms with Gasteiger partial charge in [0.15, 0.2) is 0 Å². The average molecular weight is 424 g/mol. The number of nitrogens with two attached hydrogens (primary N) is 1. The number of carbonyl (C=O) groups excluding carboxylic acids is 1. The van der Waals surface area contributed by atoms with Crippen molar-refractivity contribution in [1.82, 2.24) is 9.69 Å². The van der Waals surface area contributed by atoms with Crippen molar-refractivity contribution in [3.8, 4) is 5.06 Å². The maximum atomic E-state index is 14.4. The molecule has 10 heteroatoms. The highest BCUT2D eigenvalue weighted by Gasteiger charge is 2.38. The van der Waals surface area contributed by atoms with Crippen LogP contribution in [0.1, 0.15) is 23.8 Å². The normalized spacial score (nSPS) is 20.3. The Bertz CT molecular complexity index is 894. The largest absolute Gasteiger partial charge is 0.478 e. The molecule has 3 N–H and O–H groups in total. The standard InChI is InChI=1S/C18H18F2N4O2S2/c19-11-2-1-3-12(20)15(11)17-24(14(9-27-17)16(21)25)13-8-23-28-18(13)26-10-4-6-22-7-5-10/h1-3,8-10,17,22H,4-7H2,(H2,21,25). The van der Waals surface area contributed by atoms with E-state index in [-0.39, 0.29) is 17.4 Å². The average Bonchev–Trinajstić information content (AvgIpc) is 3.29. The fraction of sp³-hybridized carbons (Fsp3) is 0.333. The van der Waals surface area contributed by atoms with Crippen LogP contribution in [0.15, 0.2) is 35.5 Å². The van der Waals surface area contributed by atoms with Crippen molar-refractivity contribution in [3.05, 3.63) is 52.7 Å². The first-order valence-corrected chi connectivity index (χ1v) is 10.5. The van der Waals surface area contributed by atoms with Gasteiger partial charge in [-0.05, 0) is 38.1 Å². The number of amides is 1. The van der Waals surface area contributed by atoms with Gasteiger partial charge in [-0.3, -0.25) is 4.79 Å². The molecule has 28 heavy (non-hydrogen) atoms. The molecule has 2 aromatic rings. The Morgan fingerprint density at radius 1 is 1.29 bits per heavy atom. The van der Waals surface area contributed by atoms with Crippen molar-refractivity contribution in [1.29, 1.82) is 0 Å². The highest BCUT2D eigenvalue weighted by Crippen LogP contribution is 2.50. The molecule has 3 heterocycles. The molecule has 2 aliphatic heterocycles. The van der Waals surface area contributed by atoms with E-state index in [1.54, 1.807) is 0 Å². The Morgan fingerprint density at radius 2 is 2.00 bits per heavy atom. The number of rotatable bonds is 5. The summed E-state index contributed by atoms with van der Waals surface area (Å²) >= 11 is 2.25. The van der Waals surface area contributed by atoms with Crippen LogP contribution in [-0.4, -0.2) is 29.5 Å². The van der Waals surface area contributed by atoms with Crippen LogP contribution in [0.3, 0.4) is 0 Å². The van der Waals surface area contributed by atoms with E-state index < -0.39 is 22.9 Å². The third-order valence-electron chi connectivity index (χ3n) is 4.64. The molecule has 4 rings (SSSR count). The minimum atomic E-state index is -0.824. The van der Waals surface area contributed by atoms with Crippen molar-refractivity contribution < 1.29 is 18.3 Å². The zero-order valence-corrected chi connectivity index (χ0v) is 16.4. The maximum absolute atomic E-state index is 14.4. The first-order valence-electron chi connectivity index (χ1n) is 8.77. The van der Waals surface area contributed by atoms with Crippen LogP contribution in [0.2, 0.25) is 0 Å². The van der Waals surface area contributed by atoms with E-state index in [2.05, 4.69) is 9.69 Å². The Morgan fingerprint density at radius 3 is 2.68 bits per heavy atom. The number of primary amides is 1. The lowest BCUT2D eigenvalue weighted by molar-refractivity contribution is -0.114. The highest BCUT2D eigenvalue weighted by molar-refractivity contribution is 8.02. The van der Waals surface area contributed by atoms with Gasteiger partial charge < -0.3 is 20.7 Å². The zero-order valence-electron chi connectivity index (χ0n) is 14.7. The van der Waals surface area contributed by atoms with Gasteiger partial charge in [-0.25, -0.2) is 8.78 Å². The van der Waals surface area contributed by atoms with Gasteiger partial charge >= 0.3 is 0 Å². The van der Waals surface area contributed by atoms with Crippen LogP contribution < -0.4 is 20.7 Å². The van der Waals surface area contributed by atoms with Crippen LogP contribution in [0.4, 0.5) is 14.5 Å². The molecule has 1 aromatic carbocycles. The number of halogens is 2. The number of piperidine rings is 1. The Labute approximate surface area is 168 Å². The van der Waals surface area contributed by atoms with Gasteiger partial charge in [-0.15, -0.1) is 11.8 Å². The number of hydrogen-bond donors (Lipinski definition) is 2. The second kappa shape index (κ2) is 8.06.